The average molecular weight is 799 g/mol. The van der Waals surface area contributed by atoms with Gasteiger partial charge >= 0.3 is 29.6 Å². The molecule has 10 rings (SSSR count). The maximum atomic E-state index is 14.3. The molecule has 286 valence electrons. The molecule has 2 amide bonds. The molecular weight excluding hydrogens is 762 g/mol. The summed E-state index contributed by atoms with van der Waals surface area (Å²) < 4.78 is 36.8. The van der Waals surface area contributed by atoms with Crippen molar-refractivity contribution in [2.24, 2.45) is 11.8 Å². The van der Waals surface area contributed by atoms with Crippen molar-refractivity contribution in [3.8, 4) is 39.8 Å². The van der Waals surface area contributed by atoms with E-state index in [1.165, 1.54) is 0 Å². The summed E-state index contributed by atoms with van der Waals surface area (Å²) in [5.41, 5.74) is 5.98. The number of para-hydroxylation sites is 1. The van der Waals surface area contributed by atoms with Gasteiger partial charge in [-0.15, -0.1) is 0 Å². The van der Waals surface area contributed by atoms with Gasteiger partial charge in [-0.05, 0) is 35.1 Å². The van der Waals surface area contributed by atoms with Crippen LogP contribution in [0.2, 0.25) is 0 Å². The number of aromatic amines is 1. The number of phosphoric ester groups is 1. The fourth-order valence-corrected chi connectivity index (χ4v) is 9.35. The number of rotatable bonds is 6. The number of hydrogen-bond acceptors (Lipinski definition) is 11. The minimum absolute atomic E-state index is 0. The Morgan fingerprint density at radius 1 is 1.05 bits per heavy atom. The first-order chi connectivity index (χ1) is 26.8. The molecule has 4 aliphatic rings. The number of nitrogens with one attached hydrogen (secondary N) is 4. The van der Waals surface area contributed by atoms with Gasteiger partial charge in [-0.25, -0.2) is 9.97 Å². The molecule has 4 aliphatic heterocycles. The van der Waals surface area contributed by atoms with Gasteiger partial charge < -0.3 is 48.8 Å². The van der Waals surface area contributed by atoms with Gasteiger partial charge in [0.1, 0.15) is 29.4 Å². The Labute approximate surface area is 347 Å². The molecule has 2 unspecified atom stereocenters. The Kier molecular flexibility index (Phi) is 8.90. The van der Waals surface area contributed by atoms with E-state index in [0.29, 0.717) is 28.5 Å². The second-order valence-corrected chi connectivity index (χ2v) is 16.6. The molecule has 6 atom stereocenters. The van der Waals surface area contributed by atoms with Crippen molar-refractivity contribution in [3.05, 3.63) is 95.3 Å². The number of anilines is 1. The van der Waals surface area contributed by atoms with Crippen molar-refractivity contribution < 1.29 is 71.6 Å². The summed E-state index contributed by atoms with van der Waals surface area (Å²) in [5.74, 6) is -0.462. The number of carbonyl (C=O) groups excluding carboxylic acids is 2. The van der Waals surface area contributed by atoms with E-state index in [4.69, 9.17) is 28.1 Å². The van der Waals surface area contributed by atoms with Crippen LogP contribution in [0.15, 0.2) is 75.8 Å². The molecule has 7 heterocycles. The molecule has 15 nitrogen and oxygen atoms in total. The largest absolute Gasteiger partial charge is 1.00 e. The van der Waals surface area contributed by atoms with Gasteiger partial charge in [0.05, 0.1) is 6.20 Å². The molecule has 17 heteroatoms. The topological polar surface area (TPSA) is 217 Å². The minimum Gasteiger partial charge on any atom is -0.756 e. The molecule has 57 heavy (non-hydrogen) atoms. The monoisotopic (exact) mass is 798 g/mol. The number of oxazole rings is 2. The normalized spacial score (nSPS) is 22.6. The van der Waals surface area contributed by atoms with Crippen LogP contribution in [0.4, 0.5) is 5.69 Å². The number of ether oxygens (including phenoxy) is 1. The summed E-state index contributed by atoms with van der Waals surface area (Å²) in [5, 5.41) is 10.4. The zero-order chi connectivity index (χ0) is 38.8. The zero-order valence-electron chi connectivity index (χ0n) is 31.6. The van der Waals surface area contributed by atoms with Gasteiger partial charge in [-0.2, -0.15) is 0 Å². The van der Waals surface area contributed by atoms with Crippen LogP contribution in [0, 0.1) is 11.8 Å². The number of hydrogen-bond donors (Lipinski definition) is 5. The summed E-state index contributed by atoms with van der Waals surface area (Å²) in [6, 6.07) is 15.8. The van der Waals surface area contributed by atoms with Crippen LogP contribution in [0.5, 0.6) is 5.75 Å². The molecule has 10 bridgehead atoms. The van der Waals surface area contributed by atoms with Crippen molar-refractivity contribution in [1.29, 1.82) is 0 Å². The molecule has 0 fully saturated rings. The predicted octanol–water partition coefficient (Wildman–Crippen LogP) is 2.30. The fourth-order valence-electron chi connectivity index (χ4n) is 8.73. The van der Waals surface area contributed by atoms with E-state index in [9.17, 15) is 23.9 Å². The van der Waals surface area contributed by atoms with Crippen LogP contribution in [0.1, 0.15) is 62.1 Å². The van der Waals surface area contributed by atoms with Crippen molar-refractivity contribution in [2.75, 3.05) is 5.32 Å². The first kappa shape index (κ1) is 37.8. The predicted molar refractivity (Wildman–Crippen MR) is 200 cm³/mol. The molecule has 6 aromatic rings. The smallest absolute Gasteiger partial charge is 0.756 e. The van der Waals surface area contributed by atoms with Crippen molar-refractivity contribution >= 4 is 36.2 Å². The standard InChI is InChI=1S/C40H37N6O9P.Na/c1-17(2)30-38-45-32-34(54-38)40-23-9-5-8-21(20-7-6-10-25-29(20)22(15-41-25)28-16-42-37(32)52-28)31(23)46-39(40)53-27-12-11-19(13-24(27)40)14-26(35(47)44-30)43-36(48)33(18(3)4)55-56(49,50)51;/h5-13,15-18,26,30,33,39,41,46H,14H2,1-4H3,(H,43,48)(H,44,47)(H2,49,50,51);/q;+1/p-1/t26-,30-,33-,39?,40-;/m0./s1. The van der Waals surface area contributed by atoms with Crippen LogP contribution in [0.3, 0.4) is 0 Å². The number of carbonyl (C=O) groups is 2. The van der Waals surface area contributed by atoms with E-state index >= 15 is 0 Å². The van der Waals surface area contributed by atoms with Gasteiger partial charge in [0.15, 0.2) is 23.4 Å². The van der Waals surface area contributed by atoms with Crippen molar-refractivity contribution in [3.63, 3.8) is 0 Å². The van der Waals surface area contributed by atoms with Crippen molar-refractivity contribution in [2.45, 2.75) is 63.9 Å². The first-order valence-electron chi connectivity index (χ1n) is 18.4. The Morgan fingerprint density at radius 2 is 1.84 bits per heavy atom. The summed E-state index contributed by atoms with van der Waals surface area (Å²) in [7, 11) is -5.30. The third kappa shape index (κ3) is 5.74. The Hall–Kier alpha value is -4.73. The number of nitrogens with zero attached hydrogens (tertiary/aromatic N) is 2. The third-order valence-corrected chi connectivity index (χ3v) is 11.8. The maximum absolute atomic E-state index is 14.3. The molecule has 0 saturated carbocycles. The summed E-state index contributed by atoms with van der Waals surface area (Å²) in [4.78, 5) is 62.4. The van der Waals surface area contributed by atoms with E-state index in [1.807, 2.05) is 62.5 Å². The maximum Gasteiger partial charge on any atom is 1.00 e. The SMILES string of the molecule is CC(C)[C@H](OP(=O)([O-])O)C(=O)N[C@H]1Cc2ccc3c(c2)[C@]24c5cccc(c5NC2O3)-c2cccc3[nH]cc(c23)-c2cnc(o2)-c2nc(oc24)[C@H](C(C)C)NC1=O.[Na+]. The van der Waals surface area contributed by atoms with Gasteiger partial charge in [0.2, 0.25) is 17.7 Å². The number of aromatic nitrogens is 3. The minimum atomic E-state index is -5.30. The average Bonchev–Trinajstić information content (AvgIpc) is 3.98. The van der Waals surface area contributed by atoms with Crippen LogP contribution < -0.4 is 55.1 Å². The molecule has 0 aliphatic carbocycles. The van der Waals surface area contributed by atoms with Gasteiger partial charge in [-0.3, -0.25) is 14.2 Å². The molecule has 0 saturated heterocycles. The summed E-state index contributed by atoms with van der Waals surface area (Å²) in [6.07, 6.45) is 1.28. The Balaban J connectivity index is 0.00000422. The van der Waals surface area contributed by atoms with E-state index < -0.39 is 55.4 Å². The van der Waals surface area contributed by atoms with E-state index in [2.05, 4.69) is 33.1 Å². The Bertz CT molecular complexity index is 2680. The van der Waals surface area contributed by atoms with Crippen LogP contribution in [-0.2, 0) is 30.5 Å². The summed E-state index contributed by atoms with van der Waals surface area (Å²) >= 11 is 0. The Morgan fingerprint density at radius 3 is 2.61 bits per heavy atom. The van der Waals surface area contributed by atoms with Crippen LogP contribution in [-0.4, -0.2) is 50.0 Å². The second kappa shape index (κ2) is 13.4. The number of phosphoric acid groups is 1. The van der Waals surface area contributed by atoms with Gasteiger partial charge in [-0.1, -0.05) is 70.2 Å². The van der Waals surface area contributed by atoms with Crippen LogP contribution in [0.25, 0.3) is 44.9 Å². The van der Waals surface area contributed by atoms with E-state index in [1.54, 1.807) is 20.0 Å². The number of benzene rings is 3. The number of amides is 2. The van der Waals surface area contributed by atoms with E-state index in [0.717, 1.165) is 44.4 Å². The van der Waals surface area contributed by atoms with Crippen molar-refractivity contribution in [1.82, 2.24) is 25.6 Å². The molecule has 3 aromatic heterocycles. The second-order valence-electron chi connectivity index (χ2n) is 15.4. The molecular formula is C40H36N6NaO9P. The summed E-state index contributed by atoms with van der Waals surface area (Å²) in [6.45, 7) is 6.95. The van der Waals surface area contributed by atoms with Gasteiger partial charge in [0, 0.05) is 51.5 Å². The fraction of sp³-hybridized carbons (Fsp3) is 0.300. The molecule has 1 spiro atoms. The van der Waals surface area contributed by atoms with Crippen LogP contribution >= 0.6 is 7.82 Å². The molecule has 3 aromatic carbocycles. The molecule has 5 N–H and O–H groups in total. The quantitative estimate of drug-likeness (QED) is 0.121. The number of fused-ring (bicyclic) bond motifs is 7. The van der Waals surface area contributed by atoms with Gasteiger partial charge in [0.25, 0.3) is 13.7 Å². The first-order valence-corrected chi connectivity index (χ1v) is 19.9. The van der Waals surface area contributed by atoms with E-state index in [-0.39, 0.29) is 53.7 Å². The third-order valence-electron chi connectivity index (χ3n) is 11.3. The number of H-pyrrole nitrogens is 1. The zero-order valence-corrected chi connectivity index (χ0v) is 34.5. The molecule has 0 radical (unpaired) electrons.